The molecule has 4 rings (SSSR count). The van der Waals surface area contributed by atoms with Gasteiger partial charge in [-0.05, 0) is 43.5 Å². The highest BCUT2D eigenvalue weighted by Crippen LogP contribution is 2.55. The van der Waals surface area contributed by atoms with Gasteiger partial charge < -0.3 is 31.5 Å². The molecule has 6 atom stereocenters. The number of carbonyl (C=O) groups is 3. The maximum atomic E-state index is 14.0. The van der Waals surface area contributed by atoms with Crippen LogP contribution < -0.4 is 11.1 Å². The third kappa shape index (κ3) is 3.77. The number of amides is 1. The van der Waals surface area contributed by atoms with Crippen LogP contribution in [0.5, 0.6) is 5.75 Å². The topological polar surface area (TPSA) is 173 Å². The van der Waals surface area contributed by atoms with Gasteiger partial charge in [0.1, 0.15) is 17.1 Å². The molecule has 0 heterocycles. The Labute approximate surface area is 221 Å². The summed E-state index contributed by atoms with van der Waals surface area (Å²) >= 11 is 0. The molecule has 10 heteroatoms. The molecule has 3 aliphatic carbocycles. The number of nitrogens with zero attached hydrogens (tertiary/aromatic N) is 1. The Bertz CT molecular complexity index is 1280. The van der Waals surface area contributed by atoms with E-state index in [1.165, 1.54) is 11.0 Å². The van der Waals surface area contributed by atoms with E-state index in [9.17, 15) is 34.8 Å². The number of Topliss-reactive ketones (excluding diaryl/α,β-unsaturated/α-hetero) is 2. The molecular formula is C28H37N3O7. The maximum absolute atomic E-state index is 14.0. The van der Waals surface area contributed by atoms with Crippen LogP contribution in [0.15, 0.2) is 40.8 Å². The number of carbonyl (C=O) groups excluding carboxylic acids is 3. The fraction of sp³-hybridized carbons (Fsp3) is 0.536. The van der Waals surface area contributed by atoms with Gasteiger partial charge in [0.05, 0.1) is 29.3 Å². The van der Waals surface area contributed by atoms with Crippen LogP contribution in [0.25, 0.3) is 0 Å². The van der Waals surface area contributed by atoms with Crippen molar-refractivity contribution in [1.29, 1.82) is 0 Å². The lowest BCUT2D eigenvalue weighted by molar-refractivity contribution is -0.156. The third-order valence-electron chi connectivity index (χ3n) is 8.73. The van der Waals surface area contributed by atoms with Crippen molar-refractivity contribution < 1.29 is 34.8 Å². The number of phenolic OH excluding ortho intramolecular Hbond substituents is 1. The summed E-state index contributed by atoms with van der Waals surface area (Å²) in [6, 6.07) is 3.53. The number of nitrogens with one attached hydrogen (secondary N) is 1. The Morgan fingerprint density at radius 2 is 1.84 bits per heavy atom. The van der Waals surface area contributed by atoms with Crippen LogP contribution in [-0.4, -0.2) is 81.2 Å². The summed E-state index contributed by atoms with van der Waals surface area (Å²) < 4.78 is 0. The molecular weight excluding hydrogens is 490 g/mol. The van der Waals surface area contributed by atoms with Gasteiger partial charge in [-0.25, -0.2) is 0 Å². The smallest absolute Gasteiger partial charge is 0.255 e. The predicted molar refractivity (Wildman–Crippen MR) is 139 cm³/mol. The second-order valence-electron chi connectivity index (χ2n) is 11.7. The minimum Gasteiger partial charge on any atom is -0.510 e. The normalized spacial score (nSPS) is 31.2. The minimum atomic E-state index is -2.59. The zero-order valence-corrected chi connectivity index (χ0v) is 22.6. The summed E-state index contributed by atoms with van der Waals surface area (Å²) in [5.41, 5.74) is 2.22. The van der Waals surface area contributed by atoms with Crippen molar-refractivity contribution in [3.63, 3.8) is 0 Å². The number of primary amides is 1. The van der Waals surface area contributed by atoms with Crippen LogP contribution in [0.3, 0.4) is 0 Å². The average Bonchev–Trinajstić information content (AvgIpc) is 2.82. The molecule has 0 spiro atoms. The van der Waals surface area contributed by atoms with E-state index in [4.69, 9.17) is 5.73 Å². The van der Waals surface area contributed by atoms with Gasteiger partial charge in [0, 0.05) is 18.0 Å². The molecule has 1 amide bonds. The number of phenols is 1. The molecule has 3 aliphatic rings. The summed E-state index contributed by atoms with van der Waals surface area (Å²) in [6.07, 6.45) is -0.756. The molecule has 2 unspecified atom stereocenters. The van der Waals surface area contributed by atoms with Gasteiger partial charge in [-0.15, -0.1) is 0 Å². The van der Waals surface area contributed by atoms with E-state index in [1.54, 1.807) is 33.2 Å². The molecule has 0 saturated heterocycles. The van der Waals surface area contributed by atoms with E-state index in [0.717, 1.165) is 6.42 Å². The zero-order valence-electron chi connectivity index (χ0n) is 22.6. The number of hydrogen-bond acceptors (Lipinski definition) is 9. The Morgan fingerprint density at radius 1 is 1.21 bits per heavy atom. The molecule has 1 aromatic carbocycles. The van der Waals surface area contributed by atoms with Crippen molar-refractivity contribution in [2.24, 2.45) is 23.0 Å². The van der Waals surface area contributed by atoms with Gasteiger partial charge in [0.15, 0.2) is 11.4 Å². The highest BCUT2D eigenvalue weighted by atomic mass is 16.3. The summed E-state index contributed by atoms with van der Waals surface area (Å²) in [5, 5.41) is 49.1. The van der Waals surface area contributed by atoms with E-state index < -0.39 is 64.3 Å². The number of rotatable bonds is 6. The zero-order chi connectivity index (χ0) is 28.5. The molecule has 206 valence electrons. The van der Waals surface area contributed by atoms with E-state index in [0.29, 0.717) is 5.56 Å². The molecule has 0 aliphatic heterocycles. The number of nitrogens with two attached hydrogens (primary N) is 1. The molecule has 0 fully saturated rings. The number of benzene rings is 1. The SMILES string of the molecule is CCC(C)(C)CNC1=C2C(=O)c3c(O)cccc3[C@H](C)C2[C@H](O)C2[C@H](N(C)C)C(O)=C(C(N)=O)C(=O)[C@@]12O. The molecule has 38 heavy (non-hydrogen) atoms. The van der Waals surface area contributed by atoms with Crippen LogP contribution in [0.2, 0.25) is 0 Å². The molecule has 10 nitrogen and oxygen atoms in total. The average molecular weight is 528 g/mol. The van der Waals surface area contributed by atoms with Gasteiger partial charge >= 0.3 is 0 Å². The molecule has 7 N–H and O–H groups in total. The van der Waals surface area contributed by atoms with Crippen molar-refractivity contribution in [3.8, 4) is 5.75 Å². The van der Waals surface area contributed by atoms with Crippen LogP contribution in [0.4, 0.5) is 0 Å². The maximum Gasteiger partial charge on any atom is 0.255 e. The Kier molecular flexibility index (Phi) is 6.75. The molecule has 1 aromatic rings. The monoisotopic (exact) mass is 527 g/mol. The number of aliphatic hydroxyl groups excluding tert-OH is 2. The highest BCUT2D eigenvalue weighted by molar-refractivity contribution is 6.25. The number of likely N-dealkylation sites (N-methyl/N-ethyl adjacent to an activating group) is 1. The fourth-order valence-electron chi connectivity index (χ4n) is 6.29. The van der Waals surface area contributed by atoms with Gasteiger partial charge in [-0.2, -0.15) is 0 Å². The Hall–Kier alpha value is -3.21. The number of aliphatic hydroxyl groups is 3. The first-order valence-electron chi connectivity index (χ1n) is 12.8. The van der Waals surface area contributed by atoms with Gasteiger partial charge in [0.2, 0.25) is 5.78 Å². The quantitative estimate of drug-likeness (QED) is 0.296. The lowest BCUT2D eigenvalue weighted by Crippen LogP contribution is -2.70. The molecule has 0 radical (unpaired) electrons. The first-order chi connectivity index (χ1) is 17.6. The standard InChI is InChI=1S/C28H37N3O7/c1-7-27(3,4)11-30-24-17-15(12(2)13-9-8-10-14(32)16(13)21(17)33)22(34)19-20(31(5)6)23(35)18(26(29)37)25(36)28(19,24)38/h8-10,12,15,19-20,22,30,32,34-35,38H,7,11H2,1-6H3,(H2,29,37)/t12-,15?,19?,20-,22-,28-/m0/s1. The number of ketones is 2. The van der Waals surface area contributed by atoms with Crippen molar-refractivity contribution in [2.45, 2.75) is 57.8 Å². The second kappa shape index (κ2) is 9.21. The second-order valence-corrected chi connectivity index (χ2v) is 11.7. The molecule has 0 saturated carbocycles. The predicted octanol–water partition coefficient (Wildman–Crippen LogP) is 1.12. The lowest BCUT2D eigenvalue weighted by atomic mass is 9.54. The van der Waals surface area contributed by atoms with Gasteiger partial charge in [-0.1, -0.05) is 39.8 Å². The van der Waals surface area contributed by atoms with Gasteiger partial charge in [-0.3, -0.25) is 19.3 Å². The molecule has 0 bridgehead atoms. The number of fused-ring (bicyclic) bond motifs is 3. The van der Waals surface area contributed by atoms with Crippen molar-refractivity contribution >= 4 is 17.5 Å². The number of aromatic hydroxyl groups is 1. The van der Waals surface area contributed by atoms with Crippen LogP contribution in [0.1, 0.15) is 56.0 Å². The van der Waals surface area contributed by atoms with Crippen LogP contribution >= 0.6 is 0 Å². The summed E-state index contributed by atoms with van der Waals surface area (Å²) in [6.45, 7) is 7.97. The van der Waals surface area contributed by atoms with E-state index >= 15 is 0 Å². The Morgan fingerprint density at radius 3 is 2.39 bits per heavy atom. The van der Waals surface area contributed by atoms with E-state index in [1.807, 2.05) is 20.8 Å². The minimum absolute atomic E-state index is 0.0271. The third-order valence-corrected chi connectivity index (χ3v) is 8.73. The van der Waals surface area contributed by atoms with Crippen molar-refractivity contribution in [2.75, 3.05) is 20.6 Å². The highest BCUT2D eigenvalue weighted by Gasteiger charge is 2.66. The fourth-order valence-corrected chi connectivity index (χ4v) is 6.29. The molecule has 0 aromatic heterocycles. The van der Waals surface area contributed by atoms with Crippen LogP contribution in [0, 0.1) is 17.3 Å². The summed E-state index contributed by atoms with van der Waals surface area (Å²) in [5.74, 6) is -6.65. The summed E-state index contributed by atoms with van der Waals surface area (Å²) in [4.78, 5) is 41.8. The first kappa shape index (κ1) is 27.8. The Balaban J connectivity index is 2.09. The first-order valence-corrected chi connectivity index (χ1v) is 12.8. The van der Waals surface area contributed by atoms with Crippen molar-refractivity contribution in [1.82, 2.24) is 10.2 Å². The van der Waals surface area contributed by atoms with Crippen molar-refractivity contribution in [3.05, 3.63) is 51.9 Å². The van der Waals surface area contributed by atoms with Crippen LogP contribution in [-0.2, 0) is 9.59 Å². The number of hydrogen-bond donors (Lipinski definition) is 6. The van der Waals surface area contributed by atoms with Gasteiger partial charge in [0.25, 0.3) is 5.91 Å². The van der Waals surface area contributed by atoms with E-state index in [2.05, 4.69) is 5.32 Å². The lowest BCUT2D eigenvalue weighted by Gasteiger charge is -2.55. The largest absolute Gasteiger partial charge is 0.510 e. The van der Waals surface area contributed by atoms with E-state index in [-0.39, 0.29) is 34.5 Å². The summed E-state index contributed by atoms with van der Waals surface area (Å²) in [7, 11) is 3.16.